The molecular formula is C35H36N4O8. The molecule has 4 amide bonds. The first kappa shape index (κ1) is 33.8. The zero-order chi connectivity index (χ0) is 33.9. The zero-order valence-corrected chi connectivity index (χ0v) is 26.4. The van der Waals surface area contributed by atoms with Gasteiger partial charge in [-0.1, -0.05) is 36.4 Å². The van der Waals surface area contributed by atoms with Gasteiger partial charge in [0.2, 0.25) is 5.91 Å². The SMILES string of the molecule is COc1cc(CC(=O)Nc2ccc([C@@H](CC(=O)O)NC(=O)c3ccc(OC)c(OC)c3)cc2)ccc1NC(=O)Nc1ccccc1C. The number of urea groups is 1. The second-order valence-corrected chi connectivity index (χ2v) is 10.5. The first-order valence-electron chi connectivity index (χ1n) is 14.5. The molecule has 4 rings (SSSR count). The topological polar surface area (TPSA) is 164 Å². The van der Waals surface area contributed by atoms with Gasteiger partial charge in [0.25, 0.3) is 5.91 Å². The summed E-state index contributed by atoms with van der Waals surface area (Å²) in [5.41, 5.74) is 3.99. The summed E-state index contributed by atoms with van der Waals surface area (Å²) in [5, 5.41) is 20.6. The lowest BCUT2D eigenvalue weighted by atomic mass is 10.0. The van der Waals surface area contributed by atoms with Crippen LogP contribution in [0.1, 0.15) is 39.5 Å². The van der Waals surface area contributed by atoms with Crippen molar-refractivity contribution >= 4 is 40.9 Å². The summed E-state index contributed by atoms with van der Waals surface area (Å²) in [6.07, 6.45) is -0.332. The fourth-order valence-corrected chi connectivity index (χ4v) is 4.77. The summed E-state index contributed by atoms with van der Waals surface area (Å²) >= 11 is 0. The van der Waals surface area contributed by atoms with E-state index in [1.54, 1.807) is 60.7 Å². The van der Waals surface area contributed by atoms with E-state index in [1.807, 2.05) is 25.1 Å². The molecule has 244 valence electrons. The number of benzene rings is 4. The van der Waals surface area contributed by atoms with Crippen LogP contribution in [0.2, 0.25) is 0 Å². The number of carbonyl (C=O) groups is 4. The number of methoxy groups -OCH3 is 3. The minimum absolute atomic E-state index is 0.0246. The molecule has 0 unspecified atom stereocenters. The lowest BCUT2D eigenvalue weighted by Crippen LogP contribution is -2.30. The Kier molecular flexibility index (Phi) is 11.4. The van der Waals surface area contributed by atoms with Gasteiger partial charge < -0.3 is 40.6 Å². The van der Waals surface area contributed by atoms with Gasteiger partial charge in [-0.05, 0) is 72.1 Å². The number of aryl methyl sites for hydroxylation is 1. The van der Waals surface area contributed by atoms with Crippen LogP contribution in [0.3, 0.4) is 0 Å². The molecule has 0 saturated carbocycles. The van der Waals surface area contributed by atoms with Crippen LogP contribution < -0.4 is 35.5 Å². The molecule has 0 aromatic heterocycles. The van der Waals surface area contributed by atoms with Crippen molar-refractivity contribution in [3.63, 3.8) is 0 Å². The Morgan fingerprint density at radius 1 is 0.723 bits per heavy atom. The Bertz CT molecular complexity index is 1760. The van der Waals surface area contributed by atoms with Gasteiger partial charge in [0, 0.05) is 16.9 Å². The molecular weight excluding hydrogens is 604 g/mol. The minimum Gasteiger partial charge on any atom is -0.495 e. The number of aliphatic carboxylic acids is 1. The molecule has 0 heterocycles. The molecule has 1 atom stereocenters. The number of amides is 4. The highest BCUT2D eigenvalue weighted by atomic mass is 16.5. The summed E-state index contributed by atoms with van der Waals surface area (Å²) in [5.74, 6) is -0.680. The van der Waals surface area contributed by atoms with E-state index < -0.39 is 23.9 Å². The smallest absolute Gasteiger partial charge is 0.323 e. The van der Waals surface area contributed by atoms with Gasteiger partial charge in [0.05, 0.1) is 45.9 Å². The monoisotopic (exact) mass is 640 g/mol. The molecule has 0 aliphatic heterocycles. The van der Waals surface area contributed by atoms with Crippen LogP contribution in [-0.4, -0.2) is 50.3 Å². The maximum absolute atomic E-state index is 13.0. The molecule has 4 aromatic rings. The third-order valence-electron chi connectivity index (χ3n) is 7.20. The molecule has 12 nitrogen and oxygen atoms in total. The zero-order valence-electron chi connectivity index (χ0n) is 26.4. The Morgan fingerprint density at radius 2 is 1.40 bits per heavy atom. The highest BCUT2D eigenvalue weighted by Crippen LogP contribution is 2.29. The van der Waals surface area contributed by atoms with Crippen LogP contribution in [0, 0.1) is 6.92 Å². The van der Waals surface area contributed by atoms with Gasteiger partial charge in [0.1, 0.15) is 5.75 Å². The first-order chi connectivity index (χ1) is 22.6. The molecule has 0 aliphatic rings. The molecule has 47 heavy (non-hydrogen) atoms. The standard InChI is InChI=1S/C35H36N4O8/c1-21-7-5-6-8-26(21)38-35(44)39-27-15-9-22(17-30(27)46-3)18-32(40)36-25-13-10-23(11-14-25)28(20-33(41)42)37-34(43)24-12-16-29(45-2)31(19-24)47-4/h5-17,19,28H,18,20H2,1-4H3,(H,36,40)(H,37,43)(H,41,42)(H2,38,39,44)/t28-/m1/s1. The number of carboxylic acids is 1. The van der Waals surface area contributed by atoms with E-state index in [1.165, 1.54) is 27.4 Å². The van der Waals surface area contributed by atoms with Crippen molar-refractivity contribution in [1.29, 1.82) is 0 Å². The van der Waals surface area contributed by atoms with E-state index in [-0.39, 0.29) is 24.3 Å². The van der Waals surface area contributed by atoms with Crippen LogP contribution in [0.15, 0.2) is 84.9 Å². The number of nitrogens with one attached hydrogen (secondary N) is 4. The average molecular weight is 641 g/mol. The van der Waals surface area contributed by atoms with Crippen molar-refractivity contribution in [2.45, 2.75) is 25.8 Å². The van der Waals surface area contributed by atoms with Crippen molar-refractivity contribution in [2.24, 2.45) is 0 Å². The highest BCUT2D eigenvalue weighted by Gasteiger charge is 2.20. The molecule has 0 aliphatic carbocycles. The second-order valence-electron chi connectivity index (χ2n) is 10.5. The molecule has 0 saturated heterocycles. The van der Waals surface area contributed by atoms with E-state index in [9.17, 15) is 24.3 Å². The second kappa shape index (κ2) is 15.8. The number of para-hydroxylation sites is 1. The molecule has 0 bridgehead atoms. The number of ether oxygens (including phenoxy) is 3. The minimum atomic E-state index is -1.09. The van der Waals surface area contributed by atoms with Crippen molar-refractivity contribution in [1.82, 2.24) is 5.32 Å². The molecule has 0 fully saturated rings. The third-order valence-corrected chi connectivity index (χ3v) is 7.20. The Morgan fingerprint density at radius 3 is 2.06 bits per heavy atom. The number of hydrogen-bond donors (Lipinski definition) is 5. The van der Waals surface area contributed by atoms with Gasteiger partial charge in [-0.3, -0.25) is 14.4 Å². The van der Waals surface area contributed by atoms with Crippen LogP contribution in [0.25, 0.3) is 0 Å². The molecule has 5 N–H and O–H groups in total. The van der Waals surface area contributed by atoms with E-state index in [0.717, 1.165) is 5.56 Å². The van der Waals surface area contributed by atoms with E-state index in [2.05, 4.69) is 21.3 Å². The number of carboxylic acid groups (broad SMARTS) is 1. The van der Waals surface area contributed by atoms with E-state index >= 15 is 0 Å². The van der Waals surface area contributed by atoms with Crippen molar-refractivity contribution in [3.05, 3.63) is 107 Å². The average Bonchev–Trinajstić information content (AvgIpc) is 3.05. The van der Waals surface area contributed by atoms with Crippen molar-refractivity contribution < 1.29 is 38.5 Å². The van der Waals surface area contributed by atoms with Gasteiger partial charge in [0.15, 0.2) is 11.5 Å². The molecule has 0 radical (unpaired) electrons. The van der Waals surface area contributed by atoms with Gasteiger partial charge in [-0.2, -0.15) is 0 Å². The highest BCUT2D eigenvalue weighted by molar-refractivity contribution is 6.01. The third kappa shape index (κ3) is 9.24. The lowest BCUT2D eigenvalue weighted by Gasteiger charge is -2.19. The Labute approximate surface area is 272 Å². The Balaban J connectivity index is 1.38. The summed E-state index contributed by atoms with van der Waals surface area (Å²) in [6, 6.07) is 22.4. The van der Waals surface area contributed by atoms with E-state index in [0.29, 0.717) is 45.4 Å². The van der Waals surface area contributed by atoms with Gasteiger partial charge in [-0.25, -0.2) is 4.79 Å². The van der Waals surface area contributed by atoms with Crippen LogP contribution in [0.4, 0.5) is 21.9 Å². The first-order valence-corrected chi connectivity index (χ1v) is 14.5. The summed E-state index contributed by atoms with van der Waals surface area (Å²) < 4.78 is 15.9. The van der Waals surface area contributed by atoms with Crippen LogP contribution in [-0.2, 0) is 16.0 Å². The van der Waals surface area contributed by atoms with E-state index in [4.69, 9.17) is 14.2 Å². The molecule has 12 heteroatoms. The summed E-state index contributed by atoms with van der Waals surface area (Å²) in [7, 11) is 4.41. The Hall–Kier alpha value is -6.04. The predicted molar refractivity (Wildman–Crippen MR) is 178 cm³/mol. The summed E-state index contributed by atoms with van der Waals surface area (Å²) in [6.45, 7) is 1.89. The van der Waals surface area contributed by atoms with Crippen molar-refractivity contribution in [2.75, 3.05) is 37.3 Å². The lowest BCUT2D eigenvalue weighted by molar-refractivity contribution is -0.137. The number of hydrogen-bond acceptors (Lipinski definition) is 7. The maximum Gasteiger partial charge on any atom is 0.323 e. The maximum atomic E-state index is 13.0. The number of rotatable bonds is 13. The fourth-order valence-electron chi connectivity index (χ4n) is 4.77. The number of anilines is 3. The van der Waals surface area contributed by atoms with Crippen LogP contribution >= 0.6 is 0 Å². The number of carbonyl (C=O) groups excluding carboxylic acids is 3. The van der Waals surface area contributed by atoms with Gasteiger partial charge in [-0.15, -0.1) is 0 Å². The molecule has 4 aromatic carbocycles. The predicted octanol–water partition coefficient (Wildman–Crippen LogP) is 5.79. The largest absolute Gasteiger partial charge is 0.495 e. The van der Waals surface area contributed by atoms with Gasteiger partial charge >= 0.3 is 12.0 Å². The fraction of sp³-hybridized carbons (Fsp3) is 0.200. The normalized spacial score (nSPS) is 11.1. The summed E-state index contributed by atoms with van der Waals surface area (Å²) in [4.78, 5) is 50.0. The molecule has 0 spiro atoms. The van der Waals surface area contributed by atoms with Crippen molar-refractivity contribution in [3.8, 4) is 17.2 Å². The quantitative estimate of drug-likeness (QED) is 0.123. The van der Waals surface area contributed by atoms with Crippen LogP contribution in [0.5, 0.6) is 17.2 Å².